The van der Waals surface area contributed by atoms with Gasteiger partial charge in [0.25, 0.3) is 0 Å². The van der Waals surface area contributed by atoms with Crippen LogP contribution in [-0.2, 0) is 0 Å². The summed E-state index contributed by atoms with van der Waals surface area (Å²) in [6.07, 6.45) is 0. The van der Waals surface area contributed by atoms with Crippen molar-refractivity contribution in [1.82, 2.24) is 0 Å². The minimum absolute atomic E-state index is 1.21. The van der Waals surface area contributed by atoms with Crippen molar-refractivity contribution in [2.45, 2.75) is 0 Å². The molecule has 0 spiro atoms. The molecule has 0 unspecified atom stereocenters. The minimum Gasteiger partial charge on any atom is -0.0616 e. The van der Waals surface area contributed by atoms with E-state index < -0.39 is 0 Å². The van der Waals surface area contributed by atoms with E-state index in [1.807, 2.05) is 0 Å². The minimum atomic E-state index is 1.21. The lowest BCUT2D eigenvalue weighted by Gasteiger charge is -2.18. The van der Waals surface area contributed by atoms with Gasteiger partial charge in [0.15, 0.2) is 0 Å². The van der Waals surface area contributed by atoms with Gasteiger partial charge >= 0.3 is 0 Å². The van der Waals surface area contributed by atoms with E-state index in [9.17, 15) is 0 Å². The van der Waals surface area contributed by atoms with Crippen molar-refractivity contribution in [2.75, 3.05) is 0 Å². The van der Waals surface area contributed by atoms with Gasteiger partial charge in [-0.2, -0.15) is 0 Å². The summed E-state index contributed by atoms with van der Waals surface area (Å²) in [6, 6.07) is 71.4. The molecular weight excluding hydrogens is 601 g/mol. The largest absolute Gasteiger partial charge is 0.0616 e. The first-order valence-corrected chi connectivity index (χ1v) is 17.3. The lowest BCUT2D eigenvalue weighted by molar-refractivity contribution is 1.62. The predicted octanol–water partition coefficient (Wildman–Crippen LogP) is 14.1. The molecule has 0 radical (unpaired) electrons. The first-order valence-electron chi connectivity index (χ1n) is 17.3. The number of fused-ring (bicyclic) bond motifs is 5. The van der Waals surface area contributed by atoms with Gasteiger partial charge in [0.2, 0.25) is 0 Å². The Morgan fingerprint density at radius 3 is 1.30 bits per heavy atom. The van der Waals surface area contributed by atoms with Gasteiger partial charge in [-0.1, -0.05) is 176 Å². The third-order valence-electron chi connectivity index (χ3n) is 10.4. The van der Waals surface area contributed by atoms with Gasteiger partial charge in [-0.25, -0.2) is 0 Å². The van der Waals surface area contributed by atoms with E-state index in [-0.39, 0.29) is 0 Å². The zero-order valence-electron chi connectivity index (χ0n) is 27.5. The van der Waals surface area contributed by atoms with Gasteiger partial charge in [-0.3, -0.25) is 0 Å². The molecule has 0 aliphatic rings. The molecule has 0 atom stereocenters. The second-order valence-corrected chi connectivity index (χ2v) is 13.3. The van der Waals surface area contributed by atoms with Crippen LogP contribution in [0.3, 0.4) is 0 Å². The van der Waals surface area contributed by atoms with Crippen LogP contribution in [0.2, 0.25) is 0 Å². The van der Waals surface area contributed by atoms with Crippen LogP contribution in [0.25, 0.3) is 98.4 Å². The summed E-state index contributed by atoms with van der Waals surface area (Å²) in [7, 11) is 0. The molecule has 0 aromatic heterocycles. The van der Waals surface area contributed by atoms with Gasteiger partial charge in [-0.15, -0.1) is 0 Å². The Labute approximate surface area is 291 Å². The molecule has 0 bridgehead atoms. The van der Waals surface area contributed by atoms with Crippen LogP contribution in [0.5, 0.6) is 0 Å². The SMILES string of the molecule is c1cc(-c2ccc3cccc(-c4cccc5ccccc45)c3c2)cc(-c2c3ccccc3c(-c3ccc4ccccc4c3)c3ccccc23)c1. The number of rotatable bonds is 4. The normalized spacial score (nSPS) is 11.6. The molecule has 0 heteroatoms. The summed E-state index contributed by atoms with van der Waals surface area (Å²) in [5, 5.41) is 12.6. The van der Waals surface area contributed by atoms with E-state index in [0.717, 1.165) is 0 Å². The molecular formula is C50H32. The van der Waals surface area contributed by atoms with Crippen LogP contribution < -0.4 is 0 Å². The first-order chi connectivity index (χ1) is 24.8. The molecule has 0 fully saturated rings. The highest BCUT2D eigenvalue weighted by Crippen LogP contribution is 2.45. The van der Waals surface area contributed by atoms with E-state index in [2.05, 4.69) is 194 Å². The van der Waals surface area contributed by atoms with Crippen LogP contribution in [-0.4, -0.2) is 0 Å². The van der Waals surface area contributed by atoms with Gasteiger partial charge < -0.3 is 0 Å². The van der Waals surface area contributed by atoms with E-state index in [0.29, 0.717) is 0 Å². The van der Waals surface area contributed by atoms with Crippen molar-refractivity contribution < 1.29 is 0 Å². The molecule has 0 nitrogen and oxygen atoms in total. The predicted molar refractivity (Wildman–Crippen MR) is 216 cm³/mol. The van der Waals surface area contributed by atoms with Gasteiger partial charge in [0.1, 0.15) is 0 Å². The maximum absolute atomic E-state index is 2.38. The third-order valence-corrected chi connectivity index (χ3v) is 10.4. The van der Waals surface area contributed by atoms with Crippen molar-refractivity contribution in [3.05, 3.63) is 194 Å². The quantitative estimate of drug-likeness (QED) is 0.169. The van der Waals surface area contributed by atoms with Gasteiger partial charge in [0.05, 0.1) is 0 Å². The molecule has 0 saturated heterocycles. The third kappa shape index (κ3) is 4.61. The zero-order valence-corrected chi connectivity index (χ0v) is 27.5. The zero-order chi connectivity index (χ0) is 33.0. The molecule has 0 N–H and O–H groups in total. The molecule has 0 amide bonds. The highest BCUT2D eigenvalue weighted by atomic mass is 14.2. The Balaban J connectivity index is 1.17. The monoisotopic (exact) mass is 632 g/mol. The van der Waals surface area contributed by atoms with Crippen molar-refractivity contribution in [3.63, 3.8) is 0 Å². The first kappa shape index (κ1) is 28.5. The highest BCUT2D eigenvalue weighted by Gasteiger charge is 2.17. The van der Waals surface area contributed by atoms with Crippen LogP contribution in [0, 0.1) is 0 Å². The number of hydrogen-bond donors (Lipinski definition) is 0. The molecule has 50 heavy (non-hydrogen) atoms. The molecule has 0 aliphatic heterocycles. The average Bonchev–Trinajstić information content (AvgIpc) is 3.19. The lowest BCUT2D eigenvalue weighted by Crippen LogP contribution is -1.91. The Bertz CT molecular complexity index is 2860. The van der Waals surface area contributed by atoms with E-state index >= 15 is 0 Å². The molecule has 10 aromatic rings. The number of hydrogen-bond acceptors (Lipinski definition) is 0. The maximum Gasteiger partial charge on any atom is -0.00262 e. The van der Waals surface area contributed by atoms with Crippen molar-refractivity contribution in [2.24, 2.45) is 0 Å². The topological polar surface area (TPSA) is 0 Å². The van der Waals surface area contributed by atoms with Crippen molar-refractivity contribution in [3.8, 4) is 44.5 Å². The van der Waals surface area contributed by atoms with Gasteiger partial charge in [-0.05, 0) is 117 Å². The Hall–Kier alpha value is -6.50. The van der Waals surface area contributed by atoms with Crippen LogP contribution in [0.1, 0.15) is 0 Å². The summed E-state index contributed by atoms with van der Waals surface area (Å²) in [5.74, 6) is 0. The fraction of sp³-hybridized carbons (Fsp3) is 0. The summed E-state index contributed by atoms with van der Waals surface area (Å²) >= 11 is 0. The van der Waals surface area contributed by atoms with Gasteiger partial charge in [0, 0.05) is 0 Å². The smallest absolute Gasteiger partial charge is 0.00262 e. The summed E-state index contributed by atoms with van der Waals surface area (Å²) in [6.45, 7) is 0. The fourth-order valence-corrected chi connectivity index (χ4v) is 8.10. The van der Waals surface area contributed by atoms with E-state index in [1.54, 1.807) is 0 Å². The second kappa shape index (κ2) is 11.6. The molecule has 10 rings (SSSR count). The Morgan fingerprint density at radius 2 is 0.620 bits per heavy atom. The average molecular weight is 633 g/mol. The Kier molecular flexibility index (Phi) is 6.60. The number of benzene rings is 10. The van der Waals surface area contributed by atoms with Crippen molar-refractivity contribution >= 4 is 53.9 Å². The summed E-state index contributed by atoms with van der Waals surface area (Å²) < 4.78 is 0. The molecule has 0 aliphatic carbocycles. The van der Waals surface area contributed by atoms with Crippen LogP contribution in [0.4, 0.5) is 0 Å². The maximum atomic E-state index is 2.38. The molecule has 0 saturated carbocycles. The molecule has 10 aromatic carbocycles. The van der Waals surface area contributed by atoms with Crippen LogP contribution >= 0.6 is 0 Å². The standard InChI is InChI=1S/C50H32/c1-2-14-36-30-40(29-26-33(36)12-1)50-46-22-7-5-20-44(46)49(45-21-6-8-23-47(45)50)39-18-9-17-37(31-39)38-28-27-35-16-11-25-43(48(35)32-38)42-24-10-15-34-13-3-4-19-41(34)42/h1-32H. The Morgan fingerprint density at radius 1 is 0.200 bits per heavy atom. The second-order valence-electron chi connectivity index (χ2n) is 13.3. The fourth-order valence-electron chi connectivity index (χ4n) is 8.10. The van der Waals surface area contributed by atoms with Crippen LogP contribution in [0.15, 0.2) is 194 Å². The van der Waals surface area contributed by atoms with Crippen molar-refractivity contribution in [1.29, 1.82) is 0 Å². The van der Waals surface area contributed by atoms with E-state index in [1.165, 1.54) is 98.4 Å². The van der Waals surface area contributed by atoms with E-state index in [4.69, 9.17) is 0 Å². The highest BCUT2D eigenvalue weighted by molar-refractivity contribution is 6.22. The summed E-state index contributed by atoms with van der Waals surface area (Å²) in [5.41, 5.74) is 9.99. The summed E-state index contributed by atoms with van der Waals surface area (Å²) in [4.78, 5) is 0. The molecule has 0 heterocycles. The molecule has 232 valence electrons. The lowest BCUT2D eigenvalue weighted by atomic mass is 9.85.